The molecule has 0 saturated carbocycles. The first-order valence-electron chi connectivity index (χ1n) is 7.73. The van der Waals surface area contributed by atoms with Gasteiger partial charge in [0.25, 0.3) is 0 Å². The molecule has 1 amide bonds. The van der Waals surface area contributed by atoms with Crippen LogP contribution in [0.5, 0.6) is 5.75 Å². The minimum atomic E-state index is -1.31. The molecule has 0 aliphatic carbocycles. The van der Waals surface area contributed by atoms with Gasteiger partial charge in [0.1, 0.15) is 17.6 Å². The molecule has 0 saturated heterocycles. The molecule has 0 aliphatic rings. The number of aromatic hydroxyl groups is 1. The molecule has 1 rings (SSSR count). The van der Waals surface area contributed by atoms with Gasteiger partial charge in [0.2, 0.25) is 11.0 Å². The molecular weight excluding hydrogens is 380 g/mol. The number of halogens is 2. The van der Waals surface area contributed by atoms with E-state index in [1.807, 2.05) is 0 Å². The number of carbonyl (C=O) groups excluding carboxylic acids is 2. The van der Waals surface area contributed by atoms with Gasteiger partial charge < -0.3 is 15.5 Å². The second kappa shape index (κ2) is 9.86. The highest BCUT2D eigenvalue weighted by atomic mass is 32.2. The molecule has 9 heteroatoms. The van der Waals surface area contributed by atoms with Crippen molar-refractivity contribution >= 4 is 34.3 Å². The molecule has 0 bridgehead atoms. The van der Waals surface area contributed by atoms with E-state index in [0.29, 0.717) is 17.8 Å². The number of amides is 1. The van der Waals surface area contributed by atoms with E-state index >= 15 is 0 Å². The Hall–Kier alpha value is -2.68. The van der Waals surface area contributed by atoms with Crippen LogP contribution in [-0.4, -0.2) is 39.0 Å². The lowest BCUT2D eigenvalue weighted by molar-refractivity contribution is -0.140. The minimum Gasteiger partial charge on any atom is -0.507 e. The summed E-state index contributed by atoms with van der Waals surface area (Å²) in [4.78, 5) is 34.4. The van der Waals surface area contributed by atoms with Gasteiger partial charge in [-0.05, 0) is 37.1 Å². The molecule has 1 aromatic rings. The average molecular weight is 399 g/mol. The lowest BCUT2D eigenvalue weighted by atomic mass is 10.0. The quantitative estimate of drug-likeness (QED) is 0.607. The van der Waals surface area contributed by atoms with E-state index in [1.165, 1.54) is 25.1 Å². The van der Waals surface area contributed by atoms with E-state index in [2.05, 4.69) is 5.32 Å². The Bertz CT molecular complexity index is 816. The third-order valence-corrected chi connectivity index (χ3v) is 4.37. The Morgan fingerprint density at radius 1 is 1.22 bits per heavy atom. The summed E-state index contributed by atoms with van der Waals surface area (Å²) in [6.07, 6.45) is 0.698. The highest BCUT2D eigenvalue weighted by Gasteiger charge is 2.22. The largest absolute Gasteiger partial charge is 0.507 e. The predicted octanol–water partition coefficient (Wildman–Crippen LogP) is 3.43. The Labute approximate surface area is 159 Å². The van der Waals surface area contributed by atoms with Crippen LogP contribution in [0, 0.1) is 0 Å². The van der Waals surface area contributed by atoms with E-state index in [0.717, 1.165) is 13.8 Å². The highest BCUT2D eigenvalue weighted by molar-refractivity contribution is 8.14. The van der Waals surface area contributed by atoms with Crippen LogP contribution in [0.3, 0.4) is 0 Å². The third-order valence-electron chi connectivity index (χ3n) is 3.39. The summed E-state index contributed by atoms with van der Waals surface area (Å²) in [5, 5.41) is 20.5. The number of carboxylic acids is 1. The average Bonchev–Trinajstić information content (AvgIpc) is 2.56. The number of hydrogen-bond acceptors (Lipinski definition) is 5. The topological polar surface area (TPSA) is 104 Å². The van der Waals surface area contributed by atoms with Gasteiger partial charge in [0, 0.05) is 18.8 Å². The molecule has 0 heterocycles. The molecular formula is C18H19F2NO5S. The van der Waals surface area contributed by atoms with Crippen LogP contribution in [0.2, 0.25) is 0 Å². The second-order valence-corrected chi connectivity index (χ2v) is 6.62. The summed E-state index contributed by atoms with van der Waals surface area (Å²) < 4.78 is 26.8. The molecule has 1 unspecified atom stereocenters. The minimum absolute atomic E-state index is 0.0627. The standard InChI is InChI=1S/C18H19F2NO5S/c1-9(19)6-14(20)10(2)12-4-5-16(23)13(7-12)18(26)27-8-15(17(24)25)21-11(3)22/h4-7,15,23H,8H2,1-3H3,(H,21,22)(H,24,25). The zero-order chi connectivity index (χ0) is 20.7. The molecule has 146 valence electrons. The van der Waals surface area contributed by atoms with Gasteiger partial charge in [-0.25, -0.2) is 13.6 Å². The van der Waals surface area contributed by atoms with Crippen LogP contribution >= 0.6 is 11.8 Å². The molecule has 0 aliphatic heterocycles. The maximum atomic E-state index is 13.9. The van der Waals surface area contributed by atoms with E-state index in [9.17, 15) is 28.3 Å². The van der Waals surface area contributed by atoms with Crippen molar-refractivity contribution in [1.29, 1.82) is 0 Å². The van der Waals surface area contributed by atoms with E-state index in [1.54, 1.807) is 0 Å². The van der Waals surface area contributed by atoms with Gasteiger partial charge in [-0.15, -0.1) is 0 Å². The van der Waals surface area contributed by atoms with Crippen LogP contribution in [0.15, 0.2) is 35.9 Å². The number of allylic oxidation sites excluding steroid dienone is 4. The number of rotatable bonds is 7. The zero-order valence-electron chi connectivity index (χ0n) is 14.9. The molecule has 0 aromatic heterocycles. The van der Waals surface area contributed by atoms with Gasteiger partial charge in [0.05, 0.1) is 11.4 Å². The van der Waals surface area contributed by atoms with Crippen molar-refractivity contribution < 1.29 is 33.4 Å². The van der Waals surface area contributed by atoms with Crippen molar-refractivity contribution in [2.75, 3.05) is 5.75 Å². The fourth-order valence-corrected chi connectivity index (χ4v) is 2.87. The monoisotopic (exact) mass is 399 g/mol. The van der Waals surface area contributed by atoms with Crippen LogP contribution in [-0.2, 0) is 9.59 Å². The first-order valence-corrected chi connectivity index (χ1v) is 8.72. The van der Waals surface area contributed by atoms with Gasteiger partial charge in [-0.3, -0.25) is 9.59 Å². The fraction of sp³-hybridized carbons (Fsp3) is 0.278. The molecule has 6 nitrogen and oxygen atoms in total. The third kappa shape index (κ3) is 6.86. The van der Waals surface area contributed by atoms with Gasteiger partial charge >= 0.3 is 5.97 Å². The summed E-state index contributed by atoms with van der Waals surface area (Å²) in [5.74, 6) is -4.05. The first kappa shape index (κ1) is 22.4. The first-order chi connectivity index (χ1) is 12.5. The fourth-order valence-electron chi connectivity index (χ4n) is 2.01. The highest BCUT2D eigenvalue weighted by Crippen LogP contribution is 2.29. The van der Waals surface area contributed by atoms with Gasteiger partial charge in [-0.2, -0.15) is 0 Å². The lowest BCUT2D eigenvalue weighted by Gasteiger charge is -2.13. The number of benzene rings is 1. The number of thioether (sulfide) groups is 1. The van der Waals surface area contributed by atoms with Crippen molar-refractivity contribution in [2.45, 2.75) is 26.8 Å². The number of nitrogens with one attached hydrogen (secondary N) is 1. The van der Waals surface area contributed by atoms with Crippen LogP contribution in [0.4, 0.5) is 8.78 Å². The summed E-state index contributed by atoms with van der Waals surface area (Å²) in [7, 11) is 0. The number of aliphatic carboxylic acids is 1. The smallest absolute Gasteiger partial charge is 0.327 e. The number of hydrogen-bond donors (Lipinski definition) is 3. The van der Waals surface area contributed by atoms with Crippen LogP contribution in [0.1, 0.15) is 36.7 Å². The van der Waals surface area contributed by atoms with Gasteiger partial charge in [0.15, 0.2) is 0 Å². The molecule has 1 aromatic carbocycles. The molecule has 27 heavy (non-hydrogen) atoms. The molecule has 3 N–H and O–H groups in total. The van der Waals surface area contributed by atoms with Crippen LogP contribution < -0.4 is 5.32 Å². The van der Waals surface area contributed by atoms with E-state index in [-0.39, 0.29) is 28.2 Å². The zero-order valence-corrected chi connectivity index (χ0v) is 15.7. The number of phenols is 1. The van der Waals surface area contributed by atoms with Gasteiger partial charge in [-0.1, -0.05) is 17.8 Å². The second-order valence-electron chi connectivity index (χ2n) is 5.63. The number of carboxylic acid groups (broad SMARTS) is 1. The Balaban J connectivity index is 3.06. The number of phenolic OH excluding ortho intramolecular Hbond substituents is 1. The van der Waals surface area contributed by atoms with Crippen molar-refractivity contribution in [3.05, 3.63) is 47.1 Å². The molecule has 0 spiro atoms. The Morgan fingerprint density at radius 2 is 1.85 bits per heavy atom. The van der Waals surface area contributed by atoms with Crippen molar-refractivity contribution in [2.24, 2.45) is 0 Å². The predicted molar refractivity (Wildman–Crippen MR) is 98.7 cm³/mol. The van der Waals surface area contributed by atoms with Crippen LogP contribution in [0.25, 0.3) is 5.57 Å². The molecule has 0 fully saturated rings. The summed E-state index contributed by atoms with van der Waals surface area (Å²) in [6.45, 7) is 3.62. The maximum absolute atomic E-state index is 13.9. The van der Waals surface area contributed by atoms with E-state index in [4.69, 9.17) is 5.11 Å². The SMILES string of the molecule is CC(=O)NC(CSC(=O)c1cc(C(C)=C(F)C=C(C)F)ccc1O)C(=O)O. The van der Waals surface area contributed by atoms with Crippen molar-refractivity contribution in [3.8, 4) is 5.75 Å². The van der Waals surface area contributed by atoms with E-state index < -0.39 is 34.7 Å². The lowest BCUT2D eigenvalue weighted by Crippen LogP contribution is -2.41. The van der Waals surface area contributed by atoms with Crippen molar-refractivity contribution in [1.82, 2.24) is 5.32 Å². The Kier molecular flexibility index (Phi) is 8.17. The summed E-state index contributed by atoms with van der Waals surface area (Å²) in [6, 6.07) is 2.51. The maximum Gasteiger partial charge on any atom is 0.327 e. The molecule has 1 atom stereocenters. The normalized spacial score (nSPS) is 13.6. The summed E-state index contributed by atoms with van der Waals surface area (Å²) in [5.41, 5.74) is 0.161. The van der Waals surface area contributed by atoms with Crippen molar-refractivity contribution in [3.63, 3.8) is 0 Å². The molecule has 0 radical (unpaired) electrons. The Morgan fingerprint density at radius 3 is 2.37 bits per heavy atom. The summed E-state index contributed by atoms with van der Waals surface area (Å²) >= 11 is 0.585. The number of carbonyl (C=O) groups is 3.